The maximum Gasteiger partial charge on any atom is 0.263 e. The second-order valence-electron chi connectivity index (χ2n) is 8.12. The molecule has 0 unspecified atom stereocenters. The lowest BCUT2D eigenvalue weighted by Crippen LogP contribution is -2.35. The van der Waals surface area contributed by atoms with Crippen molar-refractivity contribution >= 4 is 22.8 Å². The van der Waals surface area contributed by atoms with Gasteiger partial charge in [-0.3, -0.25) is 4.79 Å². The van der Waals surface area contributed by atoms with Gasteiger partial charge in [0.25, 0.3) is 5.71 Å². The summed E-state index contributed by atoms with van der Waals surface area (Å²) in [5, 5.41) is 5.21. The topological polar surface area (TPSA) is 75.4 Å². The Bertz CT molecular complexity index is 1020. The molecule has 0 aliphatic carbocycles. The predicted octanol–water partition coefficient (Wildman–Crippen LogP) is 4.47. The predicted molar refractivity (Wildman–Crippen MR) is 122 cm³/mol. The molecule has 1 fully saturated rings. The SMILES string of the molecule is CCCCC(=O)N1CCCN(c2nc(CCC)nc3onc(-c4ccccc4)c23)CC1. The fourth-order valence-corrected chi connectivity index (χ4v) is 4.10. The third kappa shape index (κ3) is 4.70. The number of benzene rings is 1. The Hall–Kier alpha value is -2.96. The molecule has 1 saturated heterocycles. The van der Waals surface area contributed by atoms with Crippen molar-refractivity contribution in [2.45, 2.75) is 52.4 Å². The molecule has 0 saturated carbocycles. The molecule has 1 aliphatic rings. The largest absolute Gasteiger partial charge is 0.354 e. The van der Waals surface area contributed by atoms with Gasteiger partial charge in [-0.25, -0.2) is 4.98 Å². The van der Waals surface area contributed by atoms with Crippen LogP contribution in [0.3, 0.4) is 0 Å². The van der Waals surface area contributed by atoms with E-state index in [2.05, 4.69) is 28.9 Å². The molecule has 164 valence electrons. The van der Waals surface area contributed by atoms with Gasteiger partial charge in [-0.05, 0) is 19.3 Å². The lowest BCUT2D eigenvalue weighted by atomic mass is 10.1. The van der Waals surface area contributed by atoms with E-state index in [-0.39, 0.29) is 5.91 Å². The molecule has 1 aliphatic heterocycles. The number of fused-ring (bicyclic) bond motifs is 1. The van der Waals surface area contributed by atoms with Crippen molar-refractivity contribution in [1.82, 2.24) is 20.0 Å². The lowest BCUT2D eigenvalue weighted by molar-refractivity contribution is -0.131. The molecule has 0 radical (unpaired) electrons. The van der Waals surface area contributed by atoms with E-state index in [9.17, 15) is 4.79 Å². The summed E-state index contributed by atoms with van der Waals surface area (Å²) in [7, 11) is 0. The molecule has 4 rings (SSSR count). The van der Waals surface area contributed by atoms with E-state index in [1.54, 1.807) is 0 Å². The van der Waals surface area contributed by atoms with Gasteiger partial charge in [0.2, 0.25) is 5.91 Å². The molecule has 1 aromatic carbocycles. The standard InChI is InChI=1S/C24H31N5O2/c1-3-5-13-20(30)28-14-9-15-29(17-16-28)23-21-22(18-11-7-6-8-12-18)27-31-24(21)26-19(25-23)10-4-2/h6-8,11-12H,3-5,9-10,13-17H2,1-2H3. The first kappa shape index (κ1) is 21.3. The van der Waals surface area contributed by atoms with Crippen LogP contribution in [0.25, 0.3) is 22.4 Å². The quantitative estimate of drug-likeness (QED) is 0.560. The van der Waals surface area contributed by atoms with Crippen molar-refractivity contribution < 1.29 is 9.32 Å². The van der Waals surface area contributed by atoms with Gasteiger partial charge in [0.15, 0.2) is 0 Å². The summed E-state index contributed by atoms with van der Waals surface area (Å²) >= 11 is 0. The summed E-state index contributed by atoms with van der Waals surface area (Å²) in [5.41, 5.74) is 2.29. The van der Waals surface area contributed by atoms with Crippen LogP contribution in [-0.2, 0) is 11.2 Å². The monoisotopic (exact) mass is 421 g/mol. The number of hydrogen-bond acceptors (Lipinski definition) is 6. The first-order chi connectivity index (χ1) is 15.2. The third-order valence-corrected chi connectivity index (χ3v) is 5.78. The molecule has 3 aromatic rings. The Morgan fingerprint density at radius 3 is 2.65 bits per heavy atom. The van der Waals surface area contributed by atoms with E-state index in [0.29, 0.717) is 18.7 Å². The summed E-state index contributed by atoms with van der Waals surface area (Å²) in [6.45, 7) is 7.33. The fourth-order valence-electron chi connectivity index (χ4n) is 4.10. The lowest BCUT2D eigenvalue weighted by Gasteiger charge is -2.24. The van der Waals surface area contributed by atoms with Gasteiger partial charge in [0.05, 0.1) is 0 Å². The summed E-state index contributed by atoms with van der Waals surface area (Å²) in [4.78, 5) is 26.4. The highest BCUT2D eigenvalue weighted by Crippen LogP contribution is 2.34. The van der Waals surface area contributed by atoms with Crippen LogP contribution in [0.1, 0.15) is 51.8 Å². The molecule has 0 spiro atoms. The molecule has 2 aromatic heterocycles. The van der Waals surface area contributed by atoms with E-state index in [1.807, 2.05) is 35.2 Å². The number of carbonyl (C=O) groups excluding carboxylic acids is 1. The summed E-state index contributed by atoms with van der Waals surface area (Å²) in [6, 6.07) is 10.0. The molecule has 3 heterocycles. The number of hydrogen-bond donors (Lipinski definition) is 0. The highest BCUT2D eigenvalue weighted by molar-refractivity contribution is 5.98. The minimum absolute atomic E-state index is 0.262. The first-order valence-electron chi connectivity index (χ1n) is 11.5. The minimum Gasteiger partial charge on any atom is -0.354 e. The average Bonchev–Trinajstić information content (AvgIpc) is 3.06. The van der Waals surface area contributed by atoms with E-state index in [0.717, 1.165) is 80.0 Å². The third-order valence-electron chi connectivity index (χ3n) is 5.78. The second kappa shape index (κ2) is 9.90. The zero-order chi connectivity index (χ0) is 21.6. The van der Waals surface area contributed by atoms with Gasteiger partial charge in [-0.15, -0.1) is 0 Å². The summed E-state index contributed by atoms with van der Waals surface area (Å²) < 4.78 is 5.66. The maximum absolute atomic E-state index is 12.6. The Balaban J connectivity index is 1.68. The number of carbonyl (C=O) groups is 1. The molecule has 0 N–H and O–H groups in total. The molecule has 7 nitrogen and oxygen atoms in total. The summed E-state index contributed by atoms with van der Waals surface area (Å²) in [6.07, 6.45) is 5.30. The van der Waals surface area contributed by atoms with E-state index >= 15 is 0 Å². The molecule has 0 bridgehead atoms. The number of unbranched alkanes of at least 4 members (excludes halogenated alkanes) is 1. The number of nitrogens with zero attached hydrogens (tertiary/aromatic N) is 5. The maximum atomic E-state index is 12.6. The van der Waals surface area contributed by atoms with E-state index < -0.39 is 0 Å². The smallest absolute Gasteiger partial charge is 0.263 e. The van der Waals surface area contributed by atoms with Crippen molar-refractivity contribution in [2.75, 3.05) is 31.1 Å². The van der Waals surface area contributed by atoms with Crippen LogP contribution in [0.2, 0.25) is 0 Å². The molecular weight excluding hydrogens is 390 g/mol. The zero-order valence-corrected chi connectivity index (χ0v) is 18.5. The van der Waals surface area contributed by atoms with Crippen LogP contribution in [0.4, 0.5) is 5.82 Å². The van der Waals surface area contributed by atoms with Crippen LogP contribution in [0.5, 0.6) is 0 Å². The van der Waals surface area contributed by atoms with Crippen LogP contribution in [-0.4, -0.2) is 52.1 Å². The Kier molecular flexibility index (Phi) is 6.79. The van der Waals surface area contributed by atoms with Crippen molar-refractivity contribution in [1.29, 1.82) is 0 Å². The van der Waals surface area contributed by atoms with Gasteiger partial charge in [0.1, 0.15) is 22.7 Å². The van der Waals surface area contributed by atoms with Crippen molar-refractivity contribution in [3.8, 4) is 11.3 Å². The van der Waals surface area contributed by atoms with Crippen molar-refractivity contribution in [3.05, 3.63) is 36.2 Å². The number of anilines is 1. The Morgan fingerprint density at radius 2 is 1.87 bits per heavy atom. The number of aromatic nitrogens is 3. The van der Waals surface area contributed by atoms with Gasteiger partial charge in [0, 0.05) is 44.6 Å². The number of amides is 1. The highest BCUT2D eigenvalue weighted by Gasteiger charge is 2.25. The van der Waals surface area contributed by atoms with Gasteiger partial charge < -0.3 is 14.3 Å². The van der Waals surface area contributed by atoms with Crippen LogP contribution < -0.4 is 4.90 Å². The number of aryl methyl sites for hydroxylation is 1. The van der Waals surface area contributed by atoms with Gasteiger partial charge in [-0.2, -0.15) is 4.98 Å². The molecule has 1 amide bonds. The second-order valence-corrected chi connectivity index (χ2v) is 8.12. The molecule has 31 heavy (non-hydrogen) atoms. The van der Waals surface area contributed by atoms with Gasteiger partial charge >= 0.3 is 0 Å². The van der Waals surface area contributed by atoms with E-state index in [1.165, 1.54) is 0 Å². The fraction of sp³-hybridized carbons (Fsp3) is 0.500. The van der Waals surface area contributed by atoms with Crippen molar-refractivity contribution in [2.24, 2.45) is 0 Å². The molecule has 7 heteroatoms. The Morgan fingerprint density at radius 1 is 1.03 bits per heavy atom. The van der Waals surface area contributed by atoms with Crippen LogP contribution >= 0.6 is 0 Å². The highest BCUT2D eigenvalue weighted by atomic mass is 16.5. The molecule has 0 atom stereocenters. The van der Waals surface area contributed by atoms with Crippen LogP contribution in [0.15, 0.2) is 34.9 Å². The Labute approximate surface area is 183 Å². The van der Waals surface area contributed by atoms with E-state index in [4.69, 9.17) is 9.51 Å². The first-order valence-corrected chi connectivity index (χ1v) is 11.5. The minimum atomic E-state index is 0.262. The normalized spacial score (nSPS) is 14.8. The van der Waals surface area contributed by atoms with Gasteiger partial charge in [-0.1, -0.05) is 55.8 Å². The average molecular weight is 422 g/mol. The van der Waals surface area contributed by atoms with Crippen LogP contribution in [0, 0.1) is 0 Å². The summed E-state index contributed by atoms with van der Waals surface area (Å²) in [5.74, 6) is 1.91. The van der Waals surface area contributed by atoms with Crippen molar-refractivity contribution in [3.63, 3.8) is 0 Å². The number of rotatable bonds is 7. The zero-order valence-electron chi connectivity index (χ0n) is 18.5. The molecular formula is C24H31N5O2.